The number of carbonyl (C=O) groups excluding carboxylic acids is 2. The summed E-state index contributed by atoms with van der Waals surface area (Å²) in [5, 5.41) is 17.9. The highest BCUT2D eigenvalue weighted by molar-refractivity contribution is 9.10. The molecule has 0 radical (unpaired) electrons. The minimum Gasteiger partial charge on any atom is -0.497 e. The summed E-state index contributed by atoms with van der Waals surface area (Å²) in [6.07, 6.45) is 7.29. The molecule has 0 spiro atoms. The maximum atomic E-state index is 13.7. The zero-order valence-corrected chi connectivity index (χ0v) is 19.7. The first-order valence-corrected chi connectivity index (χ1v) is 11.8. The second-order valence-electron chi connectivity index (χ2n) is 8.34. The van der Waals surface area contributed by atoms with Crippen molar-refractivity contribution in [1.82, 2.24) is 5.32 Å². The molecule has 1 heterocycles. The van der Waals surface area contributed by atoms with Crippen molar-refractivity contribution < 1.29 is 19.4 Å². The van der Waals surface area contributed by atoms with Gasteiger partial charge in [0, 0.05) is 22.1 Å². The van der Waals surface area contributed by atoms with E-state index in [0.717, 1.165) is 43.4 Å². The Bertz CT molecular complexity index is 1010. The standard InChI is InChI=1S/C24H28BrN3O4/c1-32-19-11-7-10-18(15-19)28-23(30)27-21-13-12-16(25)14-20(21)24(28,31)22(29)26-17-8-5-3-2-4-6-9-17/h7,10-15,17,31H,2-6,8-9H2,1H3,(H,26,29)(H,27,30). The van der Waals surface area contributed by atoms with Crippen LogP contribution in [0.25, 0.3) is 0 Å². The molecule has 0 aromatic heterocycles. The van der Waals surface area contributed by atoms with Crippen LogP contribution >= 0.6 is 15.9 Å². The van der Waals surface area contributed by atoms with Crippen molar-refractivity contribution in [2.75, 3.05) is 17.3 Å². The number of carbonyl (C=O) groups is 2. The Morgan fingerprint density at radius 1 is 1.16 bits per heavy atom. The number of halogens is 1. The molecule has 1 fully saturated rings. The summed E-state index contributed by atoms with van der Waals surface area (Å²) in [7, 11) is 1.52. The summed E-state index contributed by atoms with van der Waals surface area (Å²) in [5.41, 5.74) is -1.18. The van der Waals surface area contributed by atoms with E-state index in [1.165, 1.54) is 13.5 Å². The smallest absolute Gasteiger partial charge is 0.329 e. The molecule has 0 saturated heterocycles. The van der Waals surface area contributed by atoms with E-state index in [4.69, 9.17) is 4.74 Å². The van der Waals surface area contributed by atoms with Crippen molar-refractivity contribution in [2.45, 2.75) is 56.7 Å². The number of hydrogen-bond donors (Lipinski definition) is 3. The molecule has 3 amide bonds. The molecule has 1 aliphatic heterocycles. The van der Waals surface area contributed by atoms with Gasteiger partial charge in [-0.25, -0.2) is 4.79 Å². The number of urea groups is 1. The summed E-state index contributed by atoms with van der Waals surface area (Å²) in [6.45, 7) is 0. The maximum absolute atomic E-state index is 13.7. The fourth-order valence-electron chi connectivity index (χ4n) is 4.52. The summed E-state index contributed by atoms with van der Waals surface area (Å²) < 4.78 is 5.99. The highest BCUT2D eigenvalue weighted by Gasteiger charge is 2.52. The normalized spacial score (nSPS) is 21.7. The third-order valence-corrected chi connectivity index (χ3v) is 6.69. The quantitative estimate of drug-likeness (QED) is 0.556. The van der Waals surface area contributed by atoms with Gasteiger partial charge >= 0.3 is 6.03 Å². The second-order valence-corrected chi connectivity index (χ2v) is 9.26. The average Bonchev–Trinajstić information content (AvgIpc) is 2.76. The van der Waals surface area contributed by atoms with Gasteiger partial charge in [-0.15, -0.1) is 0 Å². The molecule has 3 N–H and O–H groups in total. The van der Waals surface area contributed by atoms with Crippen LogP contribution in [-0.2, 0) is 10.5 Å². The number of methoxy groups -OCH3 is 1. The fourth-order valence-corrected chi connectivity index (χ4v) is 4.88. The Hall–Kier alpha value is -2.58. The second kappa shape index (κ2) is 9.50. The lowest BCUT2D eigenvalue weighted by molar-refractivity contribution is -0.141. The topological polar surface area (TPSA) is 90.9 Å². The number of hydrogen-bond acceptors (Lipinski definition) is 4. The Kier molecular flexibility index (Phi) is 6.71. The summed E-state index contributed by atoms with van der Waals surface area (Å²) in [5.74, 6) is -0.0989. The van der Waals surface area contributed by atoms with E-state index in [1.807, 2.05) is 0 Å². The monoisotopic (exact) mass is 501 g/mol. The molecule has 1 unspecified atom stereocenters. The lowest BCUT2D eigenvalue weighted by Crippen LogP contribution is -2.63. The van der Waals surface area contributed by atoms with Gasteiger partial charge in [0.25, 0.3) is 11.6 Å². The van der Waals surface area contributed by atoms with Gasteiger partial charge in [0.15, 0.2) is 0 Å². The number of nitrogens with one attached hydrogen (secondary N) is 2. The molecule has 170 valence electrons. The molecule has 2 aromatic rings. The Labute approximate surface area is 196 Å². The molecule has 1 aliphatic carbocycles. The third-order valence-electron chi connectivity index (χ3n) is 6.19. The number of fused-ring (bicyclic) bond motifs is 1. The number of ether oxygens (including phenoxy) is 1. The number of nitrogens with zero attached hydrogens (tertiary/aromatic N) is 1. The van der Waals surface area contributed by atoms with Crippen molar-refractivity contribution in [3.8, 4) is 5.75 Å². The van der Waals surface area contributed by atoms with Gasteiger partial charge in [-0.3, -0.25) is 9.69 Å². The lowest BCUT2D eigenvalue weighted by atomic mass is 9.92. The zero-order valence-electron chi connectivity index (χ0n) is 18.1. The van der Waals surface area contributed by atoms with E-state index in [-0.39, 0.29) is 6.04 Å². The van der Waals surface area contributed by atoms with Gasteiger partial charge in [-0.05, 0) is 43.2 Å². The summed E-state index contributed by atoms with van der Waals surface area (Å²) >= 11 is 3.43. The largest absolute Gasteiger partial charge is 0.497 e. The molecule has 7 nitrogen and oxygen atoms in total. The number of anilines is 2. The van der Waals surface area contributed by atoms with Crippen LogP contribution in [0.5, 0.6) is 5.75 Å². The zero-order chi connectivity index (χ0) is 22.7. The predicted molar refractivity (Wildman–Crippen MR) is 127 cm³/mol. The van der Waals surface area contributed by atoms with Gasteiger partial charge in [0.05, 0.1) is 18.5 Å². The van der Waals surface area contributed by atoms with Gasteiger partial charge in [0.1, 0.15) is 5.75 Å². The number of benzene rings is 2. The van der Waals surface area contributed by atoms with Gasteiger partial charge in [-0.2, -0.15) is 0 Å². The molecule has 2 aromatic carbocycles. The number of rotatable bonds is 4. The fraction of sp³-hybridized carbons (Fsp3) is 0.417. The molecule has 0 bridgehead atoms. The molecule has 4 rings (SSSR count). The minimum atomic E-state index is -2.23. The molecular weight excluding hydrogens is 474 g/mol. The van der Waals surface area contributed by atoms with Crippen LogP contribution in [0.3, 0.4) is 0 Å². The molecule has 2 aliphatic rings. The minimum absolute atomic E-state index is 0.0421. The van der Waals surface area contributed by atoms with E-state index in [0.29, 0.717) is 27.2 Å². The summed E-state index contributed by atoms with van der Waals surface area (Å²) in [6, 6.07) is 11.2. The Balaban J connectivity index is 1.77. The first kappa shape index (κ1) is 22.6. The Morgan fingerprint density at radius 2 is 1.88 bits per heavy atom. The van der Waals surface area contributed by atoms with Crippen LogP contribution in [0.2, 0.25) is 0 Å². The third kappa shape index (κ3) is 4.34. The van der Waals surface area contributed by atoms with E-state index >= 15 is 0 Å². The average molecular weight is 502 g/mol. The number of aliphatic hydroxyl groups is 1. The number of amides is 3. The first-order chi connectivity index (χ1) is 15.4. The molecular formula is C24H28BrN3O4. The Morgan fingerprint density at radius 3 is 2.59 bits per heavy atom. The molecule has 32 heavy (non-hydrogen) atoms. The van der Waals surface area contributed by atoms with E-state index < -0.39 is 17.7 Å². The van der Waals surface area contributed by atoms with Crippen molar-refractivity contribution in [3.63, 3.8) is 0 Å². The summed E-state index contributed by atoms with van der Waals surface area (Å²) in [4.78, 5) is 28.0. The highest BCUT2D eigenvalue weighted by Crippen LogP contribution is 2.41. The van der Waals surface area contributed by atoms with Crippen molar-refractivity contribution in [2.24, 2.45) is 0 Å². The molecule has 1 saturated carbocycles. The molecule has 8 heteroatoms. The van der Waals surface area contributed by atoms with Crippen LogP contribution in [0.4, 0.5) is 16.2 Å². The first-order valence-electron chi connectivity index (χ1n) is 11.0. The van der Waals surface area contributed by atoms with Crippen LogP contribution < -0.4 is 20.3 Å². The maximum Gasteiger partial charge on any atom is 0.329 e. The SMILES string of the molecule is COc1cccc(N2C(=O)Nc3ccc(Br)cc3C2(O)C(=O)NC2CCCCCCC2)c1. The van der Waals surface area contributed by atoms with Gasteiger partial charge < -0.3 is 20.5 Å². The van der Waals surface area contributed by atoms with E-state index in [2.05, 4.69) is 26.6 Å². The molecule has 1 atom stereocenters. The van der Waals surface area contributed by atoms with Crippen LogP contribution in [0.15, 0.2) is 46.9 Å². The van der Waals surface area contributed by atoms with Crippen LogP contribution in [-0.4, -0.2) is 30.2 Å². The van der Waals surface area contributed by atoms with Crippen molar-refractivity contribution >= 4 is 39.2 Å². The van der Waals surface area contributed by atoms with Crippen LogP contribution in [0.1, 0.15) is 50.5 Å². The lowest BCUT2D eigenvalue weighted by Gasteiger charge is -2.43. The van der Waals surface area contributed by atoms with Crippen molar-refractivity contribution in [1.29, 1.82) is 0 Å². The van der Waals surface area contributed by atoms with Crippen molar-refractivity contribution in [3.05, 3.63) is 52.5 Å². The predicted octanol–water partition coefficient (Wildman–Crippen LogP) is 4.88. The van der Waals surface area contributed by atoms with E-state index in [9.17, 15) is 14.7 Å². The van der Waals surface area contributed by atoms with E-state index in [1.54, 1.807) is 42.5 Å². The van der Waals surface area contributed by atoms with Crippen LogP contribution in [0, 0.1) is 0 Å². The highest BCUT2D eigenvalue weighted by atomic mass is 79.9. The van der Waals surface area contributed by atoms with Gasteiger partial charge in [-0.1, -0.05) is 54.1 Å². The van der Waals surface area contributed by atoms with Gasteiger partial charge in [0.2, 0.25) is 0 Å².